The Labute approximate surface area is 184 Å². The first-order chi connectivity index (χ1) is 14.6. The first kappa shape index (κ1) is 20.7. The zero-order valence-electron chi connectivity index (χ0n) is 18.5. The van der Waals surface area contributed by atoms with E-state index in [-0.39, 0.29) is 28.3 Å². The summed E-state index contributed by atoms with van der Waals surface area (Å²) in [6.07, 6.45) is 7.84. The van der Waals surface area contributed by atoms with E-state index in [1.807, 2.05) is 6.08 Å². The van der Waals surface area contributed by atoms with E-state index in [9.17, 15) is 14.0 Å². The van der Waals surface area contributed by atoms with E-state index >= 15 is 0 Å². The lowest BCUT2D eigenvalue weighted by Crippen LogP contribution is -2.57. The molecule has 1 unspecified atom stereocenters. The largest absolute Gasteiger partial charge is 0.369 e. The fraction of sp³-hybridized carbons (Fsp3) is 0.556. The molecule has 0 radical (unpaired) electrons. The lowest BCUT2D eigenvalue weighted by atomic mass is 9.44. The number of allylic oxidation sites excluding steroid dienone is 2. The number of carbonyl (C=O) groups is 2. The molecule has 31 heavy (non-hydrogen) atoms. The van der Waals surface area contributed by atoms with Crippen molar-refractivity contribution in [3.05, 3.63) is 59.4 Å². The zero-order valence-corrected chi connectivity index (χ0v) is 18.5. The third-order valence-electron chi connectivity index (χ3n) is 9.88. The van der Waals surface area contributed by atoms with Gasteiger partial charge in [-0.2, -0.15) is 0 Å². The molecule has 0 aromatic heterocycles. The van der Waals surface area contributed by atoms with Gasteiger partial charge >= 0.3 is 0 Å². The normalized spacial score (nSPS) is 41.8. The number of amides is 1. The molecule has 3 nitrogen and oxygen atoms in total. The predicted octanol–water partition coefficient (Wildman–Crippen LogP) is 5.25. The molecule has 0 heterocycles. The summed E-state index contributed by atoms with van der Waals surface area (Å²) in [7, 11) is 0. The first-order valence-electron chi connectivity index (χ1n) is 11.6. The number of benzene rings is 1. The van der Waals surface area contributed by atoms with Crippen LogP contribution in [0.1, 0.15) is 64.4 Å². The number of hydrogen-bond donors (Lipinski definition) is 1. The van der Waals surface area contributed by atoms with Crippen LogP contribution in [0.25, 0.3) is 0 Å². The van der Waals surface area contributed by atoms with Crippen molar-refractivity contribution in [1.29, 1.82) is 0 Å². The summed E-state index contributed by atoms with van der Waals surface area (Å²) in [5.41, 5.74) is 8.23. The average Bonchev–Trinajstić information content (AvgIpc) is 3.04. The number of primary amides is 1. The minimum absolute atomic E-state index is 0.0108. The van der Waals surface area contributed by atoms with E-state index in [0.717, 1.165) is 43.2 Å². The Morgan fingerprint density at radius 1 is 1.10 bits per heavy atom. The third kappa shape index (κ3) is 2.57. The molecule has 164 valence electrons. The van der Waals surface area contributed by atoms with E-state index in [1.165, 1.54) is 17.7 Å². The van der Waals surface area contributed by atoms with Crippen LogP contribution >= 0.6 is 0 Å². The fourth-order valence-electron chi connectivity index (χ4n) is 8.36. The molecule has 3 fully saturated rings. The molecule has 3 saturated carbocycles. The van der Waals surface area contributed by atoms with Crippen LogP contribution in [-0.2, 0) is 15.0 Å². The highest BCUT2D eigenvalue weighted by molar-refractivity contribution is 5.92. The van der Waals surface area contributed by atoms with Gasteiger partial charge in [0, 0.05) is 6.42 Å². The van der Waals surface area contributed by atoms with Crippen molar-refractivity contribution in [3.63, 3.8) is 0 Å². The number of ketones is 1. The highest BCUT2D eigenvalue weighted by Crippen LogP contribution is 2.70. The SMILES string of the molecule is C=C1C[C@@H]2[C@@H](CC[C@@]3(C)[C@H]2CCC3(C(N)=O)c2ccc(F)cc2)[C@@]2(C)CCC(=O)C=C12. The van der Waals surface area contributed by atoms with E-state index in [2.05, 4.69) is 20.4 Å². The lowest BCUT2D eigenvalue weighted by molar-refractivity contribution is -0.132. The Morgan fingerprint density at radius 3 is 2.45 bits per heavy atom. The number of fused-ring (bicyclic) bond motifs is 5. The van der Waals surface area contributed by atoms with Gasteiger partial charge in [0.1, 0.15) is 5.82 Å². The molecule has 1 amide bonds. The molecule has 0 bridgehead atoms. The van der Waals surface area contributed by atoms with Crippen LogP contribution in [0.15, 0.2) is 48.1 Å². The van der Waals surface area contributed by atoms with Crippen LogP contribution in [0.3, 0.4) is 0 Å². The van der Waals surface area contributed by atoms with Gasteiger partial charge in [0.15, 0.2) is 5.78 Å². The fourth-order valence-corrected chi connectivity index (χ4v) is 8.36. The maximum atomic E-state index is 13.7. The van der Waals surface area contributed by atoms with Crippen molar-refractivity contribution in [2.45, 2.75) is 64.2 Å². The van der Waals surface area contributed by atoms with Crippen LogP contribution in [0.4, 0.5) is 4.39 Å². The molecular formula is C27H32FNO2. The first-order valence-corrected chi connectivity index (χ1v) is 11.6. The Balaban J connectivity index is 1.58. The molecule has 0 saturated heterocycles. The molecule has 0 spiro atoms. The average molecular weight is 422 g/mol. The highest BCUT2D eigenvalue weighted by Gasteiger charge is 2.67. The molecule has 0 aliphatic heterocycles. The van der Waals surface area contributed by atoms with Crippen molar-refractivity contribution < 1.29 is 14.0 Å². The van der Waals surface area contributed by atoms with Crippen molar-refractivity contribution in [3.8, 4) is 0 Å². The number of carbonyl (C=O) groups excluding carboxylic acids is 2. The Kier molecular flexibility index (Phi) is 4.42. The van der Waals surface area contributed by atoms with Crippen molar-refractivity contribution in [2.75, 3.05) is 0 Å². The summed E-state index contributed by atoms with van der Waals surface area (Å²) >= 11 is 0. The second-order valence-corrected chi connectivity index (χ2v) is 10.9. The van der Waals surface area contributed by atoms with Crippen molar-refractivity contribution >= 4 is 11.7 Å². The van der Waals surface area contributed by atoms with Crippen LogP contribution in [-0.4, -0.2) is 11.7 Å². The van der Waals surface area contributed by atoms with Crippen LogP contribution in [0.5, 0.6) is 0 Å². The van der Waals surface area contributed by atoms with Gasteiger partial charge in [-0.25, -0.2) is 4.39 Å². The summed E-state index contributed by atoms with van der Waals surface area (Å²) in [5, 5.41) is 0. The molecule has 6 atom stereocenters. The maximum Gasteiger partial charge on any atom is 0.228 e. The summed E-state index contributed by atoms with van der Waals surface area (Å²) in [5.74, 6) is 0.923. The summed E-state index contributed by atoms with van der Waals surface area (Å²) in [6.45, 7) is 8.96. The van der Waals surface area contributed by atoms with Crippen LogP contribution in [0, 0.1) is 34.4 Å². The molecule has 4 heteroatoms. The standard InChI is InChI=1S/C27H32FNO2/c1-16-14-20-21(25(2)11-8-19(30)15-23(16)25)9-12-26(3)22(20)10-13-27(26,24(29)31)17-4-6-18(28)7-5-17/h4-7,15,20-22H,1,8-14H2,2-3H3,(H2,29,31)/t20-,21-,22+,25-,26+,27?/m1/s1. The number of halogens is 1. The summed E-state index contributed by atoms with van der Waals surface area (Å²) in [4.78, 5) is 25.2. The molecule has 4 aliphatic rings. The van der Waals surface area contributed by atoms with Gasteiger partial charge in [-0.05, 0) is 96.5 Å². The molecule has 4 aliphatic carbocycles. The van der Waals surface area contributed by atoms with Gasteiger partial charge in [-0.3, -0.25) is 9.59 Å². The number of rotatable bonds is 2. The minimum Gasteiger partial charge on any atom is -0.369 e. The van der Waals surface area contributed by atoms with Gasteiger partial charge in [0.25, 0.3) is 0 Å². The summed E-state index contributed by atoms with van der Waals surface area (Å²) in [6, 6.07) is 6.41. The van der Waals surface area contributed by atoms with Gasteiger partial charge in [-0.1, -0.05) is 38.1 Å². The Morgan fingerprint density at radius 2 is 1.77 bits per heavy atom. The second kappa shape index (κ2) is 6.63. The molecule has 1 aromatic rings. The number of hydrogen-bond acceptors (Lipinski definition) is 2. The lowest BCUT2D eigenvalue weighted by Gasteiger charge is -2.60. The van der Waals surface area contributed by atoms with Crippen molar-refractivity contribution in [2.24, 2.45) is 34.3 Å². The van der Waals surface area contributed by atoms with Gasteiger partial charge in [-0.15, -0.1) is 0 Å². The zero-order chi connectivity index (χ0) is 22.2. The third-order valence-corrected chi connectivity index (χ3v) is 9.88. The predicted molar refractivity (Wildman–Crippen MR) is 119 cm³/mol. The maximum absolute atomic E-state index is 13.7. The Bertz CT molecular complexity index is 1010. The topological polar surface area (TPSA) is 60.2 Å². The van der Waals surface area contributed by atoms with E-state index < -0.39 is 5.41 Å². The monoisotopic (exact) mass is 421 g/mol. The van der Waals surface area contributed by atoms with Gasteiger partial charge in [0.2, 0.25) is 5.91 Å². The summed E-state index contributed by atoms with van der Waals surface area (Å²) < 4.78 is 13.7. The molecule has 1 aromatic carbocycles. The van der Waals surface area contributed by atoms with Crippen molar-refractivity contribution in [1.82, 2.24) is 0 Å². The van der Waals surface area contributed by atoms with Gasteiger partial charge < -0.3 is 5.73 Å². The quantitative estimate of drug-likeness (QED) is 0.709. The molecular weight excluding hydrogens is 389 g/mol. The minimum atomic E-state index is -0.767. The molecule has 5 rings (SSSR count). The van der Waals surface area contributed by atoms with Crippen LogP contribution in [0.2, 0.25) is 0 Å². The second-order valence-electron chi connectivity index (χ2n) is 10.9. The van der Waals surface area contributed by atoms with E-state index in [1.54, 1.807) is 12.1 Å². The van der Waals surface area contributed by atoms with E-state index in [0.29, 0.717) is 30.6 Å². The van der Waals surface area contributed by atoms with Crippen LogP contribution < -0.4 is 5.73 Å². The molecule has 2 N–H and O–H groups in total. The number of nitrogens with two attached hydrogens (primary N) is 1. The smallest absolute Gasteiger partial charge is 0.228 e. The highest BCUT2D eigenvalue weighted by atomic mass is 19.1. The Hall–Kier alpha value is -2.23. The van der Waals surface area contributed by atoms with E-state index in [4.69, 9.17) is 5.73 Å². The van der Waals surface area contributed by atoms with Gasteiger partial charge in [0.05, 0.1) is 5.41 Å².